The SMILES string of the molecule is O=c1c2ccccc2sc2cc(S(=O)(=O)c3ccccc3)ccc12. The Balaban J connectivity index is 2.00. The third kappa shape index (κ3) is 2.33. The van der Waals surface area contributed by atoms with Gasteiger partial charge in [-0.05, 0) is 42.5 Å². The van der Waals surface area contributed by atoms with Crippen molar-refractivity contribution < 1.29 is 8.42 Å². The van der Waals surface area contributed by atoms with E-state index in [1.807, 2.05) is 18.2 Å². The molecule has 0 unspecified atom stereocenters. The van der Waals surface area contributed by atoms with E-state index in [4.69, 9.17) is 0 Å². The van der Waals surface area contributed by atoms with Gasteiger partial charge in [-0.25, -0.2) is 8.42 Å². The molecule has 0 N–H and O–H groups in total. The molecule has 5 heteroatoms. The fraction of sp³-hybridized carbons (Fsp3) is 0. The molecular formula is C19H12O3S2. The summed E-state index contributed by atoms with van der Waals surface area (Å²) in [5, 5.41) is 1.21. The Morgan fingerprint density at radius 3 is 2.12 bits per heavy atom. The second-order valence-corrected chi connectivity index (χ2v) is 8.44. The van der Waals surface area contributed by atoms with Crippen molar-refractivity contribution >= 4 is 41.3 Å². The average molecular weight is 352 g/mol. The lowest BCUT2D eigenvalue weighted by Gasteiger charge is -2.06. The predicted molar refractivity (Wildman–Crippen MR) is 97.5 cm³/mol. The number of hydrogen-bond donors (Lipinski definition) is 0. The molecule has 0 aliphatic rings. The maximum absolute atomic E-state index is 12.8. The van der Waals surface area contributed by atoms with Gasteiger partial charge in [-0.2, -0.15) is 0 Å². The van der Waals surface area contributed by atoms with Gasteiger partial charge in [0.25, 0.3) is 0 Å². The summed E-state index contributed by atoms with van der Waals surface area (Å²) < 4.78 is 27.0. The van der Waals surface area contributed by atoms with Gasteiger partial charge >= 0.3 is 0 Å². The minimum Gasteiger partial charge on any atom is -0.289 e. The van der Waals surface area contributed by atoms with E-state index in [9.17, 15) is 13.2 Å². The molecule has 0 saturated heterocycles. The van der Waals surface area contributed by atoms with E-state index in [1.165, 1.54) is 17.4 Å². The monoisotopic (exact) mass is 352 g/mol. The predicted octanol–water partition coefficient (Wildman–Crippen LogP) is 4.25. The Kier molecular flexibility index (Phi) is 3.48. The third-order valence-electron chi connectivity index (χ3n) is 3.91. The molecule has 3 nitrogen and oxygen atoms in total. The van der Waals surface area contributed by atoms with Gasteiger partial charge in [0.1, 0.15) is 0 Å². The maximum Gasteiger partial charge on any atom is 0.206 e. The van der Waals surface area contributed by atoms with Crippen molar-refractivity contribution in [3.05, 3.63) is 83.0 Å². The van der Waals surface area contributed by atoms with Gasteiger partial charge in [0.05, 0.1) is 9.79 Å². The van der Waals surface area contributed by atoms with E-state index in [1.54, 1.807) is 48.5 Å². The summed E-state index contributed by atoms with van der Waals surface area (Å²) in [6, 6.07) is 20.4. The fourth-order valence-corrected chi connectivity index (χ4v) is 5.18. The molecular weight excluding hydrogens is 340 g/mol. The van der Waals surface area contributed by atoms with Gasteiger partial charge in [-0.1, -0.05) is 30.3 Å². The summed E-state index contributed by atoms with van der Waals surface area (Å²) >= 11 is 1.43. The normalized spacial score (nSPS) is 11.8. The molecule has 0 fully saturated rings. The summed E-state index contributed by atoms with van der Waals surface area (Å²) in [6.45, 7) is 0. The van der Waals surface area contributed by atoms with E-state index in [-0.39, 0.29) is 15.2 Å². The highest BCUT2D eigenvalue weighted by atomic mass is 32.2. The van der Waals surface area contributed by atoms with Crippen LogP contribution < -0.4 is 5.43 Å². The molecule has 118 valence electrons. The molecule has 0 atom stereocenters. The lowest BCUT2D eigenvalue weighted by Crippen LogP contribution is -2.04. The molecule has 1 aromatic heterocycles. The quantitative estimate of drug-likeness (QED) is 0.507. The Hall–Kier alpha value is -2.50. The standard InChI is InChI=1S/C19H12O3S2/c20-19-15-8-4-5-9-17(15)23-18-12-14(10-11-16(18)19)24(21,22)13-6-2-1-3-7-13/h1-12H. The van der Waals surface area contributed by atoms with Gasteiger partial charge < -0.3 is 0 Å². The smallest absolute Gasteiger partial charge is 0.206 e. The highest BCUT2D eigenvalue weighted by molar-refractivity contribution is 7.91. The highest BCUT2D eigenvalue weighted by Gasteiger charge is 2.18. The number of rotatable bonds is 2. The van der Waals surface area contributed by atoms with Crippen molar-refractivity contribution in [2.24, 2.45) is 0 Å². The van der Waals surface area contributed by atoms with Crippen molar-refractivity contribution in [3.8, 4) is 0 Å². The zero-order valence-electron chi connectivity index (χ0n) is 12.5. The summed E-state index contributed by atoms with van der Waals surface area (Å²) in [6.07, 6.45) is 0. The zero-order valence-corrected chi connectivity index (χ0v) is 14.1. The molecule has 4 aromatic rings. The molecule has 0 bridgehead atoms. The molecule has 4 rings (SSSR count). The Morgan fingerprint density at radius 1 is 0.667 bits per heavy atom. The van der Waals surface area contributed by atoms with E-state index < -0.39 is 9.84 Å². The fourth-order valence-electron chi connectivity index (χ4n) is 2.68. The van der Waals surface area contributed by atoms with Gasteiger partial charge in [0.2, 0.25) is 9.84 Å². The molecule has 0 aliphatic carbocycles. The lowest BCUT2D eigenvalue weighted by atomic mass is 10.2. The molecule has 0 aliphatic heterocycles. The van der Waals surface area contributed by atoms with Crippen molar-refractivity contribution in [1.29, 1.82) is 0 Å². The van der Waals surface area contributed by atoms with Crippen molar-refractivity contribution in [3.63, 3.8) is 0 Å². The van der Waals surface area contributed by atoms with Gasteiger partial charge in [-0.15, -0.1) is 11.3 Å². The highest BCUT2D eigenvalue weighted by Crippen LogP contribution is 2.28. The van der Waals surface area contributed by atoms with Crippen LogP contribution in [0.1, 0.15) is 0 Å². The maximum atomic E-state index is 12.8. The number of sulfone groups is 1. The largest absolute Gasteiger partial charge is 0.289 e. The van der Waals surface area contributed by atoms with E-state index in [2.05, 4.69) is 0 Å². The second-order valence-electron chi connectivity index (χ2n) is 5.40. The zero-order chi connectivity index (χ0) is 16.7. The summed E-state index contributed by atoms with van der Waals surface area (Å²) in [5.41, 5.74) is -0.0667. The molecule has 0 radical (unpaired) electrons. The van der Waals surface area contributed by atoms with Gasteiger partial charge in [0.15, 0.2) is 5.43 Å². The Bertz CT molecular complexity index is 1220. The first-order chi connectivity index (χ1) is 11.6. The Morgan fingerprint density at radius 2 is 1.33 bits per heavy atom. The van der Waals surface area contributed by atoms with Crippen molar-refractivity contribution in [2.75, 3.05) is 0 Å². The molecule has 0 spiro atoms. The molecule has 0 amide bonds. The minimum atomic E-state index is -3.59. The molecule has 24 heavy (non-hydrogen) atoms. The van der Waals surface area contributed by atoms with Crippen LogP contribution in [0, 0.1) is 0 Å². The Labute approximate surface area is 142 Å². The van der Waals surface area contributed by atoms with E-state index in [0.717, 1.165) is 4.70 Å². The second kappa shape index (κ2) is 5.54. The van der Waals surface area contributed by atoms with Crippen molar-refractivity contribution in [2.45, 2.75) is 9.79 Å². The van der Waals surface area contributed by atoms with Crippen LogP contribution in [-0.4, -0.2) is 8.42 Å². The number of hydrogen-bond acceptors (Lipinski definition) is 4. The van der Waals surface area contributed by atoms with Crippen LogP contribution >= 0.6 is 11.3 Å². The van der Waals surface area contributed by atoms with Gasteiger partial charge in [-0.3, -0.25) is 4.79 Å². The van der Waals surface area contributed by atoms with E-state index >= 15 is 0 Å². The van der Waals surface area contributed by atoms with Crippen LogP contribution in [0.4, 0.5) is 0 Å². The summed E-state index contributed by atoms with van der Waals surface area (Å²) in [5.74, 6) is 0. The van der Waals surface area contributed by atoms with Crippen LogP contribution in [-0.2, 0) is 9.84 Å². The van der Waals surface area contributed by atoms with E-state index in [0.29, 0.717) is 15.5 Å². The summed E-state index contributed by atoms with van der Waals surface area (Å²) in [7, 11) is -3.59. The van der Waals surface area contributed by atoms with Gasteiger partial charge in [0, 0.05) is 20.2 Å². The average Bonchev–Trinajstić information content (AvgIpc) is 2.62. The number of benzene rings is 3. The topological polar surface area (TPSA) is 51.2 Å². The molecule has 3 aromatic carbocycles. The van der Waals surface area contributed by atoms with Crippen LogP contribution in [0.5, 0.6) is 0 Å². The first-order valence-electron chi connectivity index (χ1n) is 7.33. The molecule has 1 heterocycles. The summed E-state index contributed by atoms with van der Waals surface area (Å²) in [4.78, 5) is 13.0. The van der Waals surface area contributed by atoms with Crippen LogP contribution in [0.25, 0.3) is 20.2 Å². The lowest BCUT2D eigenvalue weighted by molar-refractivity contribution is 0.596. The molecule has 0 saturated carbocycles. The van der Waals surface area contributed by atoms with Crippen LogP contribution in [0.15, 0.2) is 87.4 Å². The first-order valence-corrected chi connectivity index (χ1v) is 9.63. The van der Waals surface area contributed by atoms with Crippen molar-refractivity contribution in [1.82, 2.24) is 0 Å². The van der Waals surface area contributed by atoms with Crippen LogP contribution in [0.3, 0.4) is 0 Å². The third-order valence-corrected chi connectivity index (χ3v) is 6.81. The number of fused-ring (bicyclic) bond motifs is 2. The minimum absolute atomic E-state index is 0.0667. The first kappa shape index (κ1) is 15.1. The van der Waals surface area contributed by atoms with Crippen LogP contribution in [0.2, 0.25) is 0 Å².